The number of hydrogen-bond acceptors (Lipinski definition) is 5. The maximum atomic E-state index is 12.9. The number of para-hydroxylation sites is 1. The van der Waals surface area contributed by atoms with Crippen molar-refractivity contribution in [1.29, 1.82) is 0 Å². The van der Waals surface area contributed by atoms with E-state index in [1.807, 2.05) is 6.07 Å². The van der Waals surface area contributed by atoms with Crippen LogP contribution in [0.15, 0.2) is 59.5 Å². The molecule has 1 saturated heterocycles. The van der Waals surface area contributed by atoms with Crippen molar-refractivity contribution < 1.29 is 17.9 Å². The van der Waals surface area contributed by atoms with Crippen LogP contribution < -0.4 is 14.9 Å². The number of benzene rings is 2. The first kappa shape index (κ1) is 19.3. The number of nitrogens with zero attached hydrogens (tertiary/aromatic N) is 1. The quantitative estimate of drug-likeness (QED) is 0.787. The number of ether oxygens (including phenoxy) is 1. The number of carbonyl (C=O) groups excluding carboxylic acids is 1. The van der Waals surface area contributed by atoms with Crippen LogP contribution in [0.5, 0.6) is 0 Å². The molecule has 144 valence electrons. The molecule has 0 radical (unpaired) electrons. The van der Waals surface area contributed by atoms with Crippen molar-refractivity contribution in [3.63, 3.8) is 0 Å². The summed E-state index contributed by atoms with van der Waals surface area (Å²) in [5.74, 6) is -0.191. The molecule has 2 N–H and O–H groups in total. The normalized spacial score (nSPS) is 17.3. The Hall–Kier alpha value is -2.42. The monoisotopic (exact) mass is 389 g/mol. The Morgan fingerprint density at radius 3 is 2.70 bits per heavy atom. The van der Waals surface area contributed by atoms with E-state index in [0.717, 1.165) is 6.54 Å². The summed E-state index contributed by atoms with van der Waals surface area (Å²) in [6, 6.07) is 15.1. The molecule has 7 nitrogen and oxygen atoms in total. The molecular weight excluding hydrogens is 366 g/mol. The highest BCUT2D eigenvalue weighted by Crippen LogP contribution is 2.23. The Labute approximate surface area is 159 Å². The third kappa shape index (κ3) is 4.85. The van der Waals surface area contributed by atoms with Gasteiger partial charge in [0.25, 0.3) is 10.0 Å². The minimum Gasteiger partial charge on any atom is -0.378 e. The first-order valence-corrected chi connectivity index (χ1v) is 10.2. The third-order valence-corrected chi connectivity index (χ3v) is 6.11. The SMILES string of the molecule is CN(c1ccccc1)S(=O)(=O)c1cccc(NC(=O)CC2COCCN2)c1. The predicted molar refractivity (Wildman–Crippen MR) is 104 cm³/mol. The highest BCUT2D eigenvalue weighted by Gasteiger charge is 2.22. The number of amides is 1. The zero-order valence-corrected chi connectivity index (χ0v) is 15.9. The van der Waals surface area contributed by atoms with Crippen LogP contribution in [0.2, 0.25) is 0 Å². The van der Waals surface area contributed by atoms with Gasteiger partial charge in [0, 0.05) is 31.7 Å². The minimum atomic E-state index is -3.73. The summed E-state index contributed by atoms with van der Waals surface area (Å²) in [7, 11) is -2.22. The van der Waals surface area contributed by atoms with Crippen molar-refractivity contribution in [3.05, 3.63) is 54.6 Å². The van der Waals surface area contributed by atoms with Crippen molar-refractivity contribution in [3.8, 4) is 0 Å². The van der Waals surface area contributed by atoms with E-state index >= 15 is 0 Å². The zero-order valence-electron chi connectivity index (χ0n) is 15.1. The van der Waals surface area contributed by atoms with Crippen LogP contribution in [0.25, 0.3) is 0 Å². The first-order chi connectivity index (χ1) is 13.0. The number of sulfonamides is 1. The van der Waals surface area contributed by atoms with Gasteiger partial charge in [-0.3, -0.25) is 9.10 Å². The second-order valence-electron chi connectivity index (χ2n) is 6.31. The van der Waals surface area contributed by atoms with Crippen molar-refractivity contribution in [2.75, 3.05) is 36.4 Å². The van der Waals surface area contributed by atoms with E-state index in [0.29, 0.717) is 24.6 Å². The Morgan fingerprint density at radius 2 is 2.00 bits per heavy atom. The van der Waals surface area contributed by atoms with E-state index in [1.165, 1.54) is 23.5 Å². The van der Waals surface area contributed by atoms with Crippen LogP contribution in [0.1, 0.15) is 6.42 Å². The molecule has 0 spiro atoms. The second-order valence-corrected chi connectivity index (χ2v) is 8.28. The summed E-state index contributed by atoms with van der Waals surface area (Å²) >= 11 is 0. The summed E-state index contributed by atoms with van der Waals surface area (Å²) < 4.78 is 32.3. The molecule has 1 aliphatic rings. The number of carbonyl (C=O) groups is 1. The lowest BCUT2D eigenvalue weighted by Gasteiger charge is -2.23. The molecule has 0 bridgehead atoms. The molecule has 1 heterocycles. The van der Waals surface area contributed by atoms with Gasteiger partial charge in [0.05, 0.1) is 23.8 Å². The predicted octanol–water partition coefficient (Wildman–Crippen LogP) is 1.83. The summed E-state index contributed by atoms with van der Waals surface area (Å²) in [4.78, 5) is 12.3. The Kier molecular flexibility index (Phi) is 6.10. The fourth-order valence-corrected chi connectivity index (χ4v) is 4.10. The number of rotatable bonds is 6. The van der Waals surface area contributed by atoms with E-state index in [2.05, 4.69) is 10.6 Å². The van der Waals surface area contributed by atoms with Gasteiger partial charge >= 0.3 is 0 Å². The standard InChI is InChI=1S/C19H23N3O4S/c1-22(17-7-3-2-4-8-17)27(24,25)18-9-5-6-15(12-18)21-19(23)13-16-14-26-11-10-20-16/h2-9,12,16,20H,10-11,13-14H2,1H3,(H,21,23). The topological polar surface area (TPSA) is 87.7 Å². The number of nitrogens with one attached hydrogen (secondary N) is 2. The molecule has 3 rings (SSSR count). The van der Waals surface area contributed by atoms with Crippen molar-refractivity contribution in [1.82, 2.24) is 5.32 Å². The average Bonchev–Trinajstić information content (AvgIpc) is 2.69. The average molecular weight is 389 g/mol. The summed E-state index contributed by atoms with van der Waals surface area (Å²) in [5.41, 5.74) is 1.01. The molecule has 1 amide bonds. The molecule has 1 atom stereocenters. The molecule has 0 aliphatic carbocycles. The largest absolute Gasteiger partial charge is 0.378 e. The highest BCUT2D eigenvalue weighted by molar-refractivity contribution is 7.92. The lowest BCUT2D eigenvalue weighted by Crippen LogP contribution is -2.43. The van der Waals surface area contributed by atoms with Crippen LogP contribution in [-0.2, 0) is 19.6 Å². The van der Waals surface area contributed by atoms with Gasteiger partial charge in [0.15, 0.2) is 0 Å². The van der Waals surface area contributed by atoms with Gasteiger partial charge in [-0.2, -0.15) is 0 Å². The summed E-state index contributed by atoms with van der Waals surface area (Å²) in [5, 5.41) is 5.98. The third-order valence-electron chi connectivity index (χ3n) is 4.33. The van der Waals surface area contributed by atoms with E-state index in [-0.39, 0.29) is 23.3 Å². The van der Waals surface area contributed by atoms with Crippen LogP contribution >= 0.6 is 0 Å². The summed E-state index contributed by atoms with van der Waals surface area (Å²) in [6.07, 6.45) is 0.265. The molecule has 0 aromatic heterocycles. The Morgan fingerprint density at radius 1 is 1.22 bits per heavy atom. The second kappa shape index (κ2) is 8.51. The number of hydrogen-bond donors (Lipinski definition) is 2. The number of anilines is 2. The maximum Gasteiger partial charge on any atom is 0.264 e. The molecule has 1 unspecified atom stereocenters. The molecular formula is C19H23N3O4S. The van der Waals surface area contributed by atoms with Crippen LogP contribution in [0, 0.1) is 0 Å². The van der Waals surface area contributed by atoms with Gasteiger partial charge in [-0.15, -0.1) is 0 Å². The van der Waals surface area contributed by atoms with Crippen LogP contribution in [-0.4, -0.2) is 47.2 Å². The van der Waals surface area contributed by atoms with E-state index < -0.39 is 10.0 Å². The van der Waals surface area contributed by atoms with Crippen molar-refractivity contribution >= 4 is 27.3 Å². The molecule has 0 saturated carbocycles. The van der Waals surface area contributed by atoms with Gasteiger partial charge in [-0.05, 0) is 30.3 Å². The van der Waals surface area contributed by atoms with Gasteiger partial charge in [-0.25, -0.2) is 8.42 Å². The fourth-order valence-electron chi connectivity index (χ4n) is 2.86. The Bertz CT molecular complexity index is 881. The fraction of sp³-hybridized carbons (Fsp3) is 0.316. The van der Waals surface area contributed by atoms with Crippen LogP contribution in [0.3, 0.4) is 0 Å². The lowest BCUT2D eigenvalue weighted by atomic mass is 10.2. The number of morpholine rings is 1. The lowest BCUT2D eigenvalue weighted by molar-refractivity contribution is -0.117. The first-order valence-electron chi connectivity index (χ1n) is 8.72. The smallest absolute Gasteiger partial charge is 0.264 e. The van der Waals surface area contributed by atoms with Gasteiger partial charge in [0.1, 0.15) is 0 Å². The molecule has 2 aromatic carbocycles. The molecule has 1 aliphatic heterocycles. The van der Waals surface area contributed by atoms with Gasteiger partial charge in [0.2, 0.25) is 5.91 Å². The maximum absolute atomic E-state index is 12.9. The van der Waals surface area contributed by atoms with Crippen LogP contribution in [0.4, 0.5) is 11.4 Å². The van der Waals surface area contributed by atoms with Crippen molar-refractivity contribution in [2.24, 2.45) is 0 Å². The molecule has 8 heteroatoms. The van der Waals surface area contributed by atoms with E-state index in [4.69, 9.17) is 4.74 Å². The Balaban J connectivity index is 1.71. The molecule has 1 fully saturated rings. The molecule has 27 heavy (non-hydrogen) atoms. The van der Waals surface area contributed by atoms with Gasteiger partial charge in [-0.1, -0.05) is 24.3 Å². The molecule has 2 aromatic rings. The zero-order chi connectivity index (χ0) is 19.3. The summed E-state index contributed by atoms with van der Waals surface area (Å²) in [6.45, 7) is 1.86. The van der Waals surface area contributed by atoms with Gasteiger partial charge < -0.3 is 15.4 Å². The van der Waals surface area contributed by atoms with E-state index in [9.17, 15) is 13.2 Å². The minimum absolute atomic E-state index is 0.0325. The highest BCUT2D eigenvalue weighted by atomic mass is 32.2. The van der Waals surface area contributed by atoms with E-state index in [1.54, 1.807) is 36.4 Å². The van der Waals surface area contributed by atoms with Crippen molar-refractivity contribution in [2.45, 2.75) is 17.4 Å².